The molecule has 58 valence electrons. The van der Waals surface area contributed by atoms with Gasteiger partial charge in [0.15, 0.2) is 0 Å². The van der Waals surface area contributed by atoms with Crippen molar-refractivity contribution in [2.75, 3.05) is 23.7 Å². The quantitative estimate of drug-likeness (QED) is 0.590. The molecule has 0 bridgehead atoms. The highest BCUT2D eigenvalue weighted by molar-refractivity contribution is 5.70. The van der Waals surface area contributed by atoms with Crippen molar-refractivity contribution in [3.8, 4) is 0 Å². The monoisotopic (exact) mass is 152 g/mol. The largest absolute Gasteiger partial charge is 0.382 e. The molecule has 0 spiro atoms. The molecular formula is C8H9FN2. The Balaban J connectivity index is 2.43. The van der Waals surface area contributed by atoms with Gasteiger partial charge in [-0.25, -0.2) is 4.39 Å². The van der Waals surface area contributed by atoms with Crippen LogP contribution in [0.2, 0.25) is 0 Å². The van der Waals surface area contributed by atoms with E-state index in [1.807, 2.05) is 0 Å². The smallest absolute Gasteiger partial charge is 0.125 e. The first-order chi connectivity index (χ1) is 5.36. The number of hydrogen-bond acceptors (Lipinski definition) is 2. The van der Waals surface area contributed by atoms with E-state index in [9.17, 15) is 4.39 Å². The molecule has 1 aliphatic heterocycles. The zero-order valence-electron chi connectivity index (χ0n) is 6.02. The maximum atomic E-state index is 12.6. The number of benzene rings is 1. The van der Waals surface area contributed by atoms with Crippen LogP contribution in [-0.2, 0) is 0 Å². The molecule has 0 unspecified atom stereocenters. The van der Waals surface area contributed by atoms with Gasteiger partial charge in [-0.05, 0) is 18.2 Å². The zero-order valence-corrected chi connectivity index (χ0v) is 6.02. The van der Waals surface area contributed by atoms with Gasteiger partial charge in [-0.3, -0.25) is 0 Å². The number of halogens is 1. The highest BCUT2D eigenvalue weighted by Gasteiger charge is 2.06. The summed E-state index contributed by atoms with van der Waals surface area (Å²) in [6, 6.07) is 4.71. The summed E-state index contributed by atoms with van der Waals surface area (Å²) in [5, 5.41) is 6.26. The van der Waals surface area contributed by atoms with Crippen molar-refractivity contribution in [2.24, 2.45) is 0 Å². The molecule has 1 aromatic carbocycles. The van der Waals surface area contributed by atoms with Crippen LogP contribution in [0.4, 0.5) is 15.8 Å². The van der Waals surface area contributed by atoms with Gasteiger partial charge in [-0.15, -0.1) is 0 Å². The van der Waals surface area contributed by atoms with Gasteiger partial charge in [0, 0.05) is 13.1 Å². The van der Waals surface area contributed by atoms with Gasteiger partial charge in [0.05, 0.1) is 11.4 Å². The minimum atomic E-state index is -0.194. The maximum Gasteiger partial charge on any atom is 0.125 e. The summed E-state index contributed by atoms with van der Waals surface area (Å²) >= 11 is 0. The fourth-order valence-corrected chi connectivity index (χ4v) is 1.21. The molecule has 0 amide bonds. The lowest BCUT2D eigenvalue weighted by Crippen LogP contribution is -2.20. The molecule has 2 N–H and O–H groups in total. The fraction of sp³-hybridized carbons (Fsp3) is 0.250. The first-order valence-corrected chi connectivity index (χ1v) is 3.63. The first-order valence-electron chi connectivity index (χ1n) is 3.63. The summed E-state index contributed by atoms with van der Waals surface area (Å²) in [5.41, 5.74) is 1.84. The van der Waals surface area contributed by atoms with Crippen LogP contribution in [0, 0.1) is 5.82 Å². The van der Waals surface area contributed by atoms with E-state index in [0.717, 1.165) is 24.5 Å². The van der Waals surface area contributed by atoms with E-state index in [2.05, 4.69) is 10.6 Å². The second kappa shape index (κ2) is 2.42. The van der Waals surface area contributed by atoms with E-state index in [-0.39, 0.29) is 5.82 Å². The van der Waals surface area contributed by atoms with Crippen LogP contribution in [-0.4, -0.2) is 13.1 Å². The van der Waals surface area contributed by atoms with E-state index in [1.165, 1.54) is 12.1 Å². The molecule has 0 aromatic heterocycles. The van der Waals surface area contributed by atoms with Crippen LogP contribution in [0.15, 0.2) is 18.2 Å². The molecule has 0 aliphatic carbocycles. The van der Waals surface area contributed by atoms with E-state index in [0.29, 0.717) is 0 Å². The molecule has 1 aromatic rings. The average molecular weight is 152 g/mol. The second-order valence-corrected chi connectivity index (χ2v) is 2.54. The Morgan fingerprint density at radius 3 is 2.64 bits per heavy atom. The number of nitrogens with one attached hydrogen (secondary N) is 2. The average Bonchev–Trinajstić information content (AvgIpc) is 2.04. The number of fused-ring (bicyclic) bond motifs is 1. The molecule has 1 aliphatic rings. The number of hydrogen-bond donors (Lipinski definition) is 2. The summed E-state index contributed by atoms with van der Waals surface area (Å²) in [4.78, 5) is 0. The molecule has 0 saturated carbocycles. The van der Waals surface area contributed by atoms with Gasteiger partial charge < -0.3 is 10.6 Å². The van der Waals surface area contributed by atoms with Crippen molar-refractivity contribution in [3.63, 3.8) is 0 Å². The standard InChI is InChI=1S/C8H9FN2/c9-6-1-2-7-8(5-6)11-4-3-10-7/h1-2,5,10-11H,3-4H2. The summed E-state index contributed by atoms with van der Waals surface area (Å²) in [6.07, 6.45) is 0. The van der Waals surface area contributed by atoms with Crippen LogP contribution in [0.1, 0.15) is 0 Å². The van der Waals surface area contributed by atoms with Gasteiger partial charge in [0.1, 0.15) is 5.82 Å². The van der Waals surface area contributed by atoms with Crippen LogP contribution in [0.3, 0.4) is 0 Å². The molecule has 1 heterocycles. The highest BCUT2D eigenvalue weighted by atomic mass is 19.1. The second-order valence-electron chi connectivity index (χ2n) is 2.54. The van der Waals surface area contributed by atoms with Crippen molar-refractivity contribution in [1.82, 2.24) is 0 Å². The Hall–Kier alpha value is -1.25. The van der Waals surface area contributed by atoms with E-state index >= 15 is 0 Å². The molecule has 0 saturated heterocycles. The Bertz CT molecular complexity index is 273. The van der Waals surface area contributed by atoms with E-state index in [4.69, 9.17) is 0 Å². The van der Waals surface area contributed by atoms with Crippen molar-refractivity contribution in [2.45, 2.75) is 0 Å². The summed E-state index contributed by atoms with van der Waals surface area (Å²) < 4.78 is 12.6. The number of anilines is 2. The Morgan fingerprint density at radius 1 is 1.09 bits per heavy atom. The Kier molecular flexibility index (Phi) is 1.42. The van der Waals surface area contributed by atoms with Gasteiger partial charge in [-0.1, -0.05) is 0 Å². The molecule has 0 atom stereocenters. The van der Waals surface area contributed by atoms with Gasteiger partial charge in [-0.2, -0.15) is 0 Å². The molecule has 0 fully saturated rings. The predicted octanol–water partition coefficient (Wildman–Crippen LogP) is 1.66. The molecule has 2 rings (SSSR count). The zero-order chi connectivity index (χ0) is 7.68. The Labute approximate surface area is 64.4 Å². The van der Waals surface area contributed by atoms with Crippen LogP contribution < -0.4 is 10.6 Å². The molecule has 11 heavy (non-hydrogen) atoms. The lowest BCUT2D eigenvalue weighted by molar-refractivity contribution is 0.628. The maximum absolute atomic E-state index is 12.6. The minimum Gasteiger partial charge on any atom is -0.382 e. The Morgan fingerprint density at radius 2 is 1.82 bits per heavy atom. The van der Waals surface area contributed by atoms with E-state index in [1.54, 1.807) is 6.07 Å². The van der Waals surface area contributed by atoms with Gasteiger partial charge in [0.25, 0.3) is 0 Å². The molecular weight excluding hydrogens is 143 g/mol. The fourth-order valence-electron chi connectivity index (χ4n) is 1.21. The third-order valence-electron chi connectivity index (χ3n) is 1.74. The van der Waals surface area contributed by atoms with Crippen LogP contribution in [0.5, 0.6) is 0 Å². The third-order valence-corrected chi connectivity index (χ3v) is 1.74. The SMILES string of the molecule is Fc1ccc2c(c1)NCCN2. The lowest BCUT2D eigenvalue weighted by Gasteiger charge is -2.19. The van der Waals surface area contributed by atoms with Gasteiger partial charge in [0.2, 0.25) is 0 Å². The third kappa shape index (κ3) is 1.13. The van der Waals surface area contributed by atoms with Crippen molar-refractivity contribution in [1.29, 1.82) is 0 Å². The molecule has 3 heteroatoms. The first kappa shape index (κ1) is 6.46. The summed E-state index contributed by atoms with van der Waals surface area (Å²) in [7, 11) is 0. The van der Waals surface area contributed by atoms with E-state index < -0.39 is 0 Å². The van der Waals surface area contributed by atoms with Gasteiger partial charge >= 0.3 is 0 Å². The topological polar surface area (TPSA) is 24.1 Å². The van der Waals surface area contributed by atoms with Crippen LogP contribution >= 0.6 is 0 Å². The highest BCUT2D eigenvalue weighted by Crippen LogP contribution is 2.24. The van der Waals surface area contributed by atoms with Crippen LogP contribution in [0.25, 0.3) is 0 Å². The van der Waals surface area contributed by atoms with Crippen molar-refractivity contribution in [3.05, 3.63) is 24.0 Å². The summed E-state index contributed by atoms with van der Waals surface area (Å²) in [6.45, 7) is 1.76. The number of rotatable bonds is 0. The van der Waals surface area contributed by atoms with Crippen molar-refractivity contribution < 1.29 is 4.39 Å². The minimum absolute atomic E-state index is 0.194. The lowest BCUT2D eigenvalue weighted by atomic mass is 10.2. The summed E-state index contributed by atoms with van der Waals surface area (Å²) in [5.74, 6) is -0.194. The van der Waals surface area contributed by atoms with Crippen molar-refractivity contribution >= 4 is 11.4 Å². The normalized spacial score (nSPS) is 14.6. The molecule has 0 radical (unpaired) electrons. The predicted molar refractivity (Wildman–Crippen MR) is 43.4 cm³/mol. The molecule has 2 nitrogen and oxygen atoms in total.